The van der Waals surface area contributed by atoms with Gasteiger partial charge in [0.05, 0.1) is 11.3 Å². The Morgan fingerprint density at radius 2 is 2.21 bits per heavy atom. The fourth-order valence-corrected chi connectivity index (χ4v) is 5.25. The molecule has 1 atom stereocenters. The summed E-state index contributed by atoms with van der Waals surface area (Å²) in [7, 11) is 0. The summed E-state index contributed by atoms with van der Waals surface area (Å²) in [6.45, 7) is 9.65. The van der Waals surface area contributed by atoms with E-state index in [1.165, 1.54) is 16.0 Å². The Bertz CT molecular complexity index is 816. The third-order valence-corrected chi connectivity index (χ3v) is 6.99. The van der Waals surface area contributed by atoms with Crippen molar-refractivity contribution < 1.29 is 4.79 Å². The normalized spacial score (nSPS) is 20.2. The van der Waals surface area contributed by atoms with E-state index in [1.54, 1.807) is 11.3 Å². The average molecular weight is 399 g/mol. The minimum atomic E-state index is 0.225. The maximum atomic E-state index is 13.1. The van der Waals surface area contributed by atoms with Gasteiger partial charge in [-0.3, -0.25) is 14.7 Å². The minimum absolute atomic E-state index is 0.225. The highest BCUT2D eigenvalue weighted by Crippen LogP contribution is 2.30. The number of hydrogen-bond donors (Lipinski definition) is 1. The van der Waals surface area contributed by atoms with Crippen LogP contribution < -0.4 is 5.32 Å². The van der Waals surface area contributed by atoms with Crippen molar-refractivity contribution in [1.82, 2.24) is 20.1 Å². The third kappa shape index (κ3) is 4.14. The quantitative estimate of drug-likeness (QED) is 0.841. The maximum absolute atomic E-state index is 13.1. The lowest BCUT2D eigenvalue weighted by atomic mass is 10.0. The molecule has 1 N–H and O–H groups in total. The highest BCUT2D eigenvalue weighted by Gasteiger charge is 2.28. The van der Waals surface area contributed by atoms with Crippen LogP contribution >= 0.6 is 11.3 Å². The highest BCUT2D eigenvalue weighted by molar-refractivity contribution is 7.10. The standard InChI is InChI=1S/C22H30N4OS/c1-3-16-5-6-18(24-11-16)12-25-9-7-19-20(15-28-21(19)14-25)22(27)26-10-8-23-17(4-2)13-26/h5-6,11,15,17,23H,3-4,7-10,12-14H2,1-2H3. The molecule has 0 radical (unpaired) electrons. The zero-order valence-corrected chi connectivity index (χ0v) is 17.7. The van der Waals surface area contributed by atoms with Gasteiger partial charge in [-0.15, -0.1) is 11.3 Å². The molecule has 4 heterocycles. The van der Waals surface area contributed by atoms with E-state index in [4.69, 9.17) is 0 Å². The van der Waals surface area contributed by atoms with E-state index < -0.39 is 0 Å². The summed E-state index contributed by atoms with van der Waals surface area (Å²) in [5.41, 5.74) is 4.64. The van der Waals surface area contributed by atoms with Crippen LogP contribution in [0.15, 0.2) is 23.7 Å². The lowest BCUT2D eigenvalue weighted by Crippen LogP contribution is -2.52. The molecule has 0 bridgehead atoms. The number of pyridine rings is 1. The van der Waals surface area contributed by atoms with Crippen LogP contribution in [-0.4, -0.2) is 52.9 Å². The van der Waals surface area contributed by atoms with E-state index in [1.807, 2.05) is 11.1 Å². The van der Waals surface area contributed by atoms with E-state index in [-0.39, 0.29) is 5.91 Å². The van der Waals surface area contributed by atoms with Crippen molar-refractivity contribution >= 4 is 17.2 Å². The second kappa shape index (κ2) is 8.72. The molecule has 0 saturated carbocycles. The van der Waals surface area contributed by atoms with Crippen LogP contribution in [-0.2, 0) is 25.9 Å². The van der Waals surface area contributed by atoms with Crippen molar-refractivity contribution in [2.24, 2.45) is 0 Å². The van der Waals surface area contributed by atoms with E-state index in [0.717, 1.165) is 69.8 Å². The van der Waals surface area contributed by atoms with Crippen LogP contribution in [0.3, 0.4) is 0 Å². The van der Waals surface area contributed by atoms with Gasteiger partial charge >= 0.3 is 0 Å². The molecular formula is C22H30N4OS. The third-order valence-electron chi connectivity index (χ3n) is 5.97. The molecule has 2 aliphatic heterocycles. The van der Waals surface area contributed by atoms with E-state index in [2.05, 4.69) is 46.6 Å². The van der Waals surface area contributed by atoms with Gasteiger partial charge in [-0.2, -0.15) is 0 Å². The fourth-order valence-electron chi connectivity index (χ4n) is 4.14. The number of amides is 1. The molecular weight excluding hydrogens is 368 g/mol. The van der Waals surface area contributed by atoms with Gasteiger partial charge in [0.15, 0.2) is 0 Å². The Kier molecular flexibility index (Phi) is 6.09. The van der Waals surface area contributed by atoms with Gasteiger partial charge in [-0.05, 0) is 36.5 Å². The van der Waals surface area contributed by atoms with Crippen LogP contribution in [0.5, 0.6) is 0 Å². The van der Waals surface area contributed by atoms with Crippen LogP contribution in [0.2, 0.25) is 0 Å². The molecule has 0 spiro atoms. The topological polar surface area (TPSA) is 48.5 Å². The molecule has 0 aliphatic carbocycles. The van der Waals surface area contributed by atoms with E-state index >= 15 is 0 Å². The Morgan fingerprint density at radius 1 is 1.32 bits per heavy atom. The molecule has 6 heteroatoms. The Hall–Kier alpha value is -1.76. The number of carbonyl (C=O) groups is 1. The van der Waals surface area contributed by atoms with Gasteiger partial charge in [-0.1, -0.05) is 19.9 Å². The minimum Gasteiger partial charge on any atom is -0.336 e. The van der Waals surface area contributed by atoms with Gasteiger partial charge in [0.1, 0.15) is 0 Å². The molecule has 1 saturated heterocycles. The number of fused-ring (bicyclic) bond motifs is 1. The number of hydrogen-bond acceptors (Lipinski definition) is 5. The first kappa shape index (κ1) is 19.6. The molecule has 2 aromatic rings. The van der Waals surface area contributed by atoms with Gasteiger partial charge in [0.2, 0.25) is 0 Å². The van der Waals surface area contributed by atoms with Crippen molar-refractivity contribution in [1.29, 1.82) is 0 Å². The second-order valence-corrected chi connectivity index (χ2v) is 8.80. The Labute approximate surface area is 171 Å². The van der Waals surface area contributed by atoms with E-state index in [9.17, 15) is 4.79 Å². The molecule has 150 valence electrons. The molecule has 0 aromatic carbocycles. The largest absolute Gasteiger partial charge is 0.336 e. The molecule has 4 rings (SSSR count). The lowest BCUT2D eigenvalue weighted by molar-refractivity contribution is 0.0700. The number of aryl methyl sites for hydroxylation is 1. The summed E-state index contributed by atoms with van der Waals surface area (Å²) < 4.78 is 0. The fraction of sp³-hybridized carbons (Fsp3) is 0.545. The summed E-state index contributed by atoms with van der Waals surface area (Å²) in [6.07, 6.45) is 5.03. The first-order valence-electron chi connectivity index (χ1n) is 10.5. The van der Waals surface area contributed by atoms with Crippen molar-refractivity contribution in [3.63, 3.8) is 0 Å². The average Bonchev–Trinajstić information content (AvgIpc) is 3.17. The summed E-state index contributed by atoms with van der Waals surface area (Å²) in [6, 6.07) is 4.75. The van der Waals surface area contributed by atoms with Crippen LogP contribution in [0.1, 0.15) is 52.3 Å². The first-order chi connectivity index (χ1) is 13.7. The molecule has 5 nitrogen and oxygen atoms in total. The molecule has 2 aliphatic rings. The lowest BCUT2D eigenvalue weighted by Gasteiger charge is -2.34. The Balaban J connectivity index is 1.42. The number of carbonyl (C=O) groups excluding carboxylic acids is 1. The summed E-state index contributed by atoms with van der Waals surface area (Å²) in [5.74, 6) is 0.225. The monoisotopic (exact) mass is 398 g/mol. The predicted octanol–water partition coefficient (Wildman–Crippen LogP) is 3.09. The number of aromatic nitrogens is 1. The van der Waals surface area contributed by atoms with Gasteiger partial charge < -0.3 is 10.2 Å². The highest BCUT2D eigenvalue weighted by atomic mass is 32.1. The summed E-state index contributed by atoms with van der Waals surface area (Å²) >= 11 is 1.75. The second-order valence-electron chi connectivity index (χ2n) is 7.83. The zero-order chi connectivity index (χ0) is 19.5. The van der Waals surface area contributed by atoms with E-state index in [0.29, 0.717) is 6.04 Å². The molecule has 1 fully saturated rings. The first-order valence-corrected chi connectivity index (χ1v) is 11.3. The summed E-state index contributed by atoms with van der Waals surface area (Å²) in [4.78, 5) is 23.5. The molecule has 1 amide bonds. The smallest absolute Gasteiger partial charge is 0.255 e. The number of thiophene rings is 1. The zero-order valence-electron chi connectivity index (χ0n) is 16.9. The van der Waals surface area contributed by atoms with Crippen LogP contribution in [0.4, 0.5) is 0 Å². The number of rotatable bonds is 5. The SMILES string of the molecule is CCc1ccc(CN2CCc3c(C(=O)N4CCNC(CC)C4)csc3C2)nc1. The summed E-state index contributed by atoms with van der Waals surface area (Å²) in [5, 5.41) is 5.58. The van der Waals surface area contributed by atoms with Crippen molar-refractivity contribution in [3.8, 4) is 0 Å². The molecule has 28 heavy (non-hydrogen) atoms. The van der Waals surface area contributed by atoms with Crippen molar-refractivity contribution in [2.75, 3.05) is 26.2 Å². The van der Waals surface area contributed by atoms with Gasteiger partial charge in [0.25, 0.3) is 5.91 Å². The maximum Gasteiger partial charge on any atom is 0.255 e. The molecule has 1 unspecified atom stereocenters. The molecule has 2 aromatic heterocycles. The van der Waals surface area contributed by atoms with Crippen LogP contribution in [0.25, 0.3) is 0 Å². The number of piperazine rings is 1. The number of nitrogens with zero attached hydrogens (tertiary/aromatic N) is 3. The predicted molar refractivity (Wildman–Crippen MR) is 114 cm³/mol. The van der Waals surface area contributed by atoms with Crippen molar-refractivity contribution in [2.45, 2.75) is 52.2 Å². The van der Waals surface area contributed by atoms with Crippen molar-refractivity contribution in [3.05, 3.63) is 51.0 Å². The number of nitrogens with one attached hydrogen (secondary N) is 1. The Morgan fingerprint density at radius 3 is 2.96 bits per heavy atom. The van der Waals surface area contributed by atoms with Gasteiger partial charge in [-0.25, -0.2) is 0 Å². The van der Waals surface area contributed by atoms with Gasteiger partial charge in [0, 0.05) is 61.8 Å². The van der Waals surface area contributed by atoms with Crippen LogP contribution in [0, 0.1) is 0 Å².